The predicted octanol–water partition coefficient (Wildman–Crippen LogP) is 15.8. The first-order valence-corrected chi connectivity index (χ1v) is 20.1. The van der Waals surface area contributed by atoms with Gasteiger partial charge in [-0.3, -0.25) is 0 Å². The van der Waals surface area contributed by atoms with Gasteiger partial charge in [0.05, 0.1) is 0 Å². The maximum Gasteiger partial charge on any atom is 0.0159 e. The van der Waals surface area contributed by atoms with E-state index in [1.54, 1.807) is 0 Å². The Bertz CT molecular complexity index is 3180. The summed E-state index contributed by atoms with van der Waals surface area (Å²) < 4.78 is 0. The Labute approximate surface area is 333 Å². The van der Waals surface area contributed by atoms with Gasteiger partial charge in [-0.1, -0.05) is 190 Å². The van der Waals surface area contributed by atoms with Crippen molar-refractivity contribution in [3.63, 3.8) is 0 Å². The summed E-state index contributed by atoms with van der Waals surface area (Å²) in [5.41, 5.74) is 20.8. The number of fused-ring (bicyclic) bond motifs is 7. The molecule has 0 amide bonds. The van der Waals surface area contributed by atoms with Crippen LogP contribution in [0.4, 0.5) is 0 Å². The van der Waals surface area contributed by atoms with Crippen molar-refractivity contribution >= 4 is 32.3 Å². The number of rotatable bonds is 4. The average molecular weight is 723 g/mol. The van der Waals surface area contributed by atoms with Gasteiger partial charge in [-0.2, -0.15) is 0 Å². The van der Waals surface area contributed by atoms with Crippen molar-refractivity contribution in [2.45, 2.75) is 19.3 Å². The highest BCUT2D eigenvalue weighted by Gasteiger charge is 2.38. The van der Waals surface area contributed by atoms with Gasteiger partial charge in [0.15, 0.2) is 0 Å². The minimum absolute atomic E-state index is 0.207. The molecule has 0 radical (unpaired) electrons. The van der Waals surface area contributed by atoms with E-state index in [4.69, 9.17) is 0 Å². The zero-order valence-electron chi connectivity index (χ0n) is 32.0. The van der Waals surface area contributed by atoms with E-state index in [2.05, 4.69) is 208 Å². The lowest BCUT2D eigenvalue weighted by atomic mass is 9.67. The summed E-state index contributed by atoms with van der Waals surface area (Å²) in [5, 5.41) is 7.89. The lowest BCUT2D eigenvalue weighted by Crippen LogP contribution is -2.23. The molecule has 266 valence electrons. The fraction of sp³-hybridized carbons (Fsp3) is 0.0526. The van der Waals surface area contributed by atoms with E-state index < -0.39 is 0 Å². The van der Waals surface area contributed by atoms with Crippen LogP contribution in [-0.2, 0) is 5.41 Å². The summed E-state index contributed by atoms with van der Waals surface area (Å²) in [6.07, 6.45) is 0. The SMILES string of the molecule is CC1(C)c2cc(-c3ccc4cc(-c5ccccc5)ccc4c3)ccc2-c2ccc3c4c(ccc1c24)-c1c-3c(-c2ccccc2)c2ccccc2c1-c1ccccc1. The van der Waals surface area contributed by atoms with Gasteiger partial charge in [0.25, 0.3) is 0 Å². The molecule has 10 aromatic carbocycles. The van der Waals surface area contributed by atoms with E-state index >= 15 is 0 Å². The third kappa shape index (κ3) is 4.62. The highest BCUT2D eigenvalue weighted by atomic mass is 14.4. The van der Waals surface area contributed by atoms with Crippen LogP contribution in [0.3, 0.4) is 0 Å². The third-order valence-electron chi connectivity index (χ3n) is 13.0. The molecule has 0 N–H and O–H groups in total. The lowest BCUT2D eigenvalue weighted by Gasteiger charge is -2.36. The minimum Gasteiger partial charge on any atom is -0.0622 e. The minimum atomic E-state index is -0.207. The molecular formula is C57H38. The van der Waals surface area contributed by atoms with Crippen LogP contribution >= 0.6 is 0 Å². The molecule has 0 bridgehead atoms. The first kappa shape index (κ1) is 32.2. The van der Waals surface area contributed by atoms with Crippen molar-refractivity contribution in [2.24, 2.45) is 0 Å². The zero-order valence-corrected chi connectivity index (χ0v) is 32.0. The summed E-state index contributed by atoms with van der Waals surface area (Å²) in [4.78, 5) is 0. The Morgan fingerprint density at radius 3 is 1.30 bits per heavy atom. The Morgan fingerprint density at radius 2 is 0.719 bits per heavy atom. The monoisotopic (exact) mass is 722 g/mol. The molecule has 0 atom stereocenters. The van der Waals surface area contributed by atoms with Crippen molar-refractivity contribution in [1.82, 2.24) is 0 Å². The smallest absolute Gasteiger partial charge is 0.0159 e. The van der Waals surface area contributed by atoms with Gasteiger partial charge in [0, 0.05) is 5.41 Å². The Hall–Kier alpha value is -7.02. The highest BCUT2D eigenvalue weighted by Crippen LogP contribution is 2.61. The molecule has 57 heavy (non-hydrogen) atoms. The van der Waals surface area contributed by atoms with Gasteiger partial charge in [0.2, 0.25) is 0 Å². The van der Waals surface area contributed by atoms with Crippen LogP contribution in [0.5, 0.6) is 0 Å². The molecule has 0 spiro atoms. The van der Waals surface area contributed by atoms with Gasteiger partial charge >= 0.3 is 0 Å². The van der Waals surface area contributed by atoms with Gasteiger partial charge in [-0.15, -0.1) is 0 Å². The fourth-order valence-electron chi connectivity index (χ4n) is 10.3. The summed E-state index contributed by atoms with van der Waals surface area (Å²) in [6, 6.07) is 72.4. The number of hydrogen-bond donors (Lipinski definition) is 0. The van der Waals surface area contributed by atoms with Crippen LogP contribution in [0.2, 0.25) is 0 Å². The number of hydrogen-bond acceptors (Lipinski definition) is 0. The molecule has 0 aliphatic heterocycles. The van der Waals surface area contributed by atoms with Gasteiger partial charge in [0.1, 0.15) is 0 Å². The van der Waals surface area contributed by atoms with Crippen molar-refractivity contribution in [1.29, 1.82) is 0 Å². The first-order valence-electron chi connectivity index (χ1n) is 20.1. The predicted molar refractivity (Wildman–Crippen MR) is 243 cm³/mol. The molecule has 0 nitrogen and oxygen atoms in total. The molecule has 0 heterocycles. The number of benzene rings is 10. The molecule has 2 aliphatic rings. The van der Waals surface area contributed by atoms with E-state index in [0.29, 0.717) is 0 Å². The summed E-state index contributed by atoms with van der Waals surface area (Å²) in [6.45, 7) is 4.85. The summed E-state index contributed by atoms with van der Waals surface area (Å²) in [5.74, 6) is 0. The van der Waals surface area contributed by atoms with Crippen molar-refractivity contribution in [3.8, 4) is 77.9 Å². The Morgan fingerprint density at radius 1 is 0.281 bits per heavy atom. The average Bonchev–Trinajstić information content (AvgIpc) is 3.60. The van der Waals surface area contributed by atoms with Gasteiger partial charge in [-0.25, -0.2) is 0 Å². The fourth-order valence-corrected chi connectivity index (χ4v) is 10.3. The van der Waals surface area contributed by atoms with Crippen LogP contribution in [0.15, 0.2) is 194 Å². The second-order valence-corrected chi connectivity index (χ2v) is 16.4. The molecule has 0 heteroatoms. The molecule has 0 saturated heterocycles. The Kier molecular flexibility index (Phi) is 6.78. The first-order chi connectivity index (χ1) is 28.0. The molecule has 0 fully saturated rings. The molecular weight excluding hydrogens is 685 g/mol. The molecule has 2 aliphatic carbocycles. The van der Waals surface area contributed by atoms with Crippen molar-refractivity contribution in [2.75, 3.05) is 0 Å². The van der Waals surface area contributed by atoms with E-state index in [0.717, 1.165) is 0 Å². The molecule has 0 unspecified atom stereocenters. The van der Waals surface area contributed by atoms with Crippen molar-refractivity contribution < 1.29 is 0 Å². The van der Waals surface area contributed by atoms with Gasteiger partial charge in [-0.05, 0) is 140 Å². The van der Waals surface area contributed by atoms with Crippen LogP contribution in [0.25, 0.3) is 110 Å². The standard InChI is InChI=1S/C57H38/c1-57(2)49-31-30-48-53-47(55-51(36-16-8-4-9-17-36)44-20-12-13-21-45(44)52(56(48)55)37-18-10-5-11-19-37)29-28-46(54(49)53)43-27-26-42(34-50(43)57)41-25-24-39-32-38(22-23-40(39)33-41)35-14-6-3-7-15-35/h3-34H,1-2H3. The maximum atomic E-state index is 2.47. The topological polar surface area (TPSA) is 0 Å². The van der Waals surface area contributed by atoms with Crippen LogP contribution in [-0.4, -0.2) is 0 Å². The third-order valence-corrected chi connectivity index (χ3v) is 13.0. The van der Waals surface area contributed by atoms with Crippen LogP contribution in [0.1, 0.15) is 25.0 Å². The van der Waals surface area contributed by atoms with Gasteiger partial charge < -0.3 is 0 Å². The highest BCUT2D eigenvalue weighted by molar-refractivity contribution is 6.29. The molecule has 0 aromatic heterocycles. The zero-order chi connectivity index (χ0) is 37.8. The van der Waals surface area contributed by atoms with Crippen LogP contribution < -0.4 is 0 Å². The summed E-state index contributed by atoms with van der Waals surface area (Å²) >= 11 is 0. The van der Waals surface area contributed by atoms with E-state index in [1.807, 2.05) is 0 Å². The second kappa shape index (κ2) is 12.0. The normalized spacial score (nSPS) is 13.2. The van der Waals surface area contributed by atoms with Crippen molar-refractivity contribution in [3.05, 3.63) is 205 Å². The second-order valence-electron chi connectivity index (χ2n) is 16.4. The van der Waals surface area contributed by atoms with Crippen LogP contribution in [0, 0.1) is 0 Å². The molecule has 0 saturated carbocycles. The quantitative estimate of drug-likeness (QED) is 0.170. The maximum absolute atomic E-state index is 2.47. The summed E-state index contributed by atoms with van der Waals surface area (Å²) in [7, 11) is 0. The van der Waals surface area contributed by atoms with E-state index in [1.165, 1.54) is 121 Å². The Balaban J connectivity index is 1.07. The van der Waals surface area contributed by atoms with E-state index in [-0.39, 0.29) is 5.41 Å². The van der Waals surface area contributed by atoms with E-state index in [9.17, 15) is 0 Å². The molecule has 12 rings (SSSR count). The lowest BCUT2D eigenvalue weighted by molar-refractivity contribution is 0.645. The molecule has 10 aromatic rings. The largest absolute Gasteiger partial charge is 0.0622 e.